The summed E-state index contributed by atoms with van der Waals surface area (Å²) in [5, 5.41) is 2.73. The molecule has 23 heavy (non-hydrogen) atoms. The van der Waals surface area contributed by atoms with Gasteiger partial charge in [-0.05, 0) is 55.5 Å². The fraction of sp³-hybridized carbons (Fsp3) is 0.176. The summed E-state index contributed by atoms with van der Waals surface area (Å²) < 4.78 is 4.67. The second kappa shape index (κ2) is 7.80. The molecule has 0 aromatic heterocycles. The predicted molar refractivity (Wildman–Crippen MR) is 90.6 cm³/mol. The fourth-order valence-corrected chi connectivity index (χ4v) is 2.59. The van der Waals surface area contributed by atoms with Crippen LogP contribution in [0.3, 0.4) is 0 Å². The van der Waals surface area contributed by atoms with Crippen LogP contribution < -0.4 is 11.1 Å². The number of carbonyl (C=O) groups is 2. The van der Waals surface area contributed by atoms with E-state index >= 15 is 0 Å². The van der Waals surface area contributed by atoms with Crippen LogP contribution in [0.5, 0.6) is 0 Å². The standard InChI is InChI=1S/C17H18N2O3S/c1-11(18)16(20)19-13-5-9-15(10-6-13)23-14-7-3-12(4-8-14)17(21)22-2/h3-11H,18H2,1-2H3,(H,19,20). The largest absolute Gasteiger partial charge is 0.465 e. The topological polar surface area (TPSA) is 81.4 Å². The summed E-state index contributed by atoms with van der Waals surface area (Å²) >= 11 is 1.56. The lowest BCUT2D eigenvalue weighted by Crippen LogP contribution is -2.32. The van der Waals surface area contributed by atoms with Gasteiger partial charge in [0.05, 0.1) is 18.7 Å². The van der Waals surface area contributed by atoms with Crippen LogP contribution in [0.25, 0.3) is 0 Å². The van der Waals surface area contributed by atoms with Gasteiger partial charge in [0.25, 0.3) is 0 Å². The van der Waals surface area contributed by atoms with E-state index in [1.165, 1.54) is 7.11 Å². The molecular formula is C17H18N2O3S. The molecule has 0 aliphatic rings. The Bertz CT molecular complexity index is 682. The first-order chi connectivity index (χ1) is 11.0. The van der Waals surface area contributed by atoms with Crippen LogP contribution in [-0.4, -0.2) is 25.0 Å². The summed E-state index contributed by atoms with van der Waals surface area (Å²) in [6, 6.07) is 14.1. The number of ether oxygens (including phenoxy) is 1. The van der Waals surface area contributed by atoms with E-state index in [1.54, 1.807) is 30.8 Å². The van der Waals surface area contributed by atoms with Crippen LogP contribution in [-0.2, 0) is 9.53 Å². The minimum Gasteiger partial charge on any atom is -0.465 e. The lowest BCUT2D eigenvalue weighted by atomic mass is 10.2. The van der Waals surface area contributed by atoms with Crippen LogP contribution in [0, 0.1) is 0 Å². The molecule has 0 saturated carbocycles. The van der Waals surface area contributed by atoms with Gasteiger partial charge in [-0.1, -0.05) is 11.8 Å². The molecular weight excluding hydrogens is 312 g/mol. The number of carbonyl (C=O) groups excluding carboxylic acids is 2. The zero-order chi connectivity index (χ0) is 16.8. The molecule has 1 atom stereocenters. The van der Waals surface area contributed by atoms with Crippen LogP contribution in [0.4, 0.5) is 5.69 Å². The van der Waals surface area contributed by atoms with Crippen molar-refractivity contribution in [1.29, 1.82) is 0 Å². The molecule has 0 heterocycles. The zero-order valence-corrected chi connectivity index (χ0v) is 13.7. The van der Waals surface area contributed by atoms with Gasteiger partial charge in [-0.15, -0.1) is 0 Å². The molecule has 0 bridgehead atoms. The Morgan fingerprint density at radius 1 is 1.04 bits per heavy atom. The lowest BCUT2D eigenvalue weighted by Gasteiger charge is -2.08. The molecule has 0 radical (unpaired) electrons. The maximum atomic E-state index is 11.5. The van der Waals surface area contributed by atoms with E-state index in [-0.39, 0.29) is 11.9 Å². The van der Waals surface area contributed by atoms with Gasteiger partial charge in [0.2, 0.25) is 5.91 Å². The Hall–Kier alpha value is -2.31. The van der Waals surface area contributed by atoms with Crippen molar-refractivity contribution in [2.24, 2.45) is 5.73 Å². The minimum absolute atomic E-state index is 0.219. The first kappa shape index (κ1) is 17.1. The molecule has 3 N–H and O–H groups in total. The van der Waals surface area contributed by atoms with Crippen molar-refractivity contribution in [3.05, 3.63) is 54.1 Å². The van der Waals surface area contributed by atoms with Gasteiger partial charge in [-0.2, -0.15) is 0 Å². The third-order valence-electron chi connectivity index (χ3n) is 3.05. The SMILES string of the molecule is COC(=O)c1ccc(Sc2ccc(NC(=O)C(C)N)cc2)cc1. The molecule has 6 heteroatoms. The number of amides is 1. The lowest BCUT2D eigenvalue weighted by molar-refractivity contribution is -0.117. The Labute approximate surface area is 139 Å². The van der Waals surface area contributed by atoms with E-state index < -0.39 is 6.04 Å². The van der Waals surface area contributed by atoms with E-state index in [9.17, 15) is 9.59 Å². The monoisotopic (exact) mass is 330 g/mol. The third kappa shape index (κ3) is 4.84. The Morgan fingerprint density at radius 2 is 1.57 bits per heavy atom. The van der Waals surface area contributed by atoms with Gasteiger partial charge >= 0.3 is 5.97 Å². The first-order valence-electron chi connectivity index (χ1n) is 7.02. The van der Waals surface area contributed by atoms with Crippen LogP contribution in [0.2, 0.25) is 0 Å². The highest BCUT2D eigenvalue weighted by molar-refractivity contribution is 7.99. The molecule has 2 aromatic rings. The predicted octanol–water partition coefficient (Wildman–Crippen LogP) is 2.91. The summed E-state index contributed by atoms with van der Waals surface area (Å²) in [5.74, 6) is -0.570. The molecule has 2 aromatic carbocycles. The van der Waals surface area contributed by atoms with Crippen LogP contribution in [0.1, 0.15) is 17.3 Å². The molecule has 0 spiro atoms. The van der Waals surface area contributed by atoms with E-state index in [2.05, 4.69) is 10.1 Å². The van der Waals surface area contributed by atoms with Crippen molar-refractivity contribution in [3.8, 4) is 0 Å². The number of rotatable bonds is 5. The average Bonchev–Trinajstić information content (AvgIpc) is 2.56. The second-order valence-electron chi connectivity index (χ2n) is 4.92. The summed E-state index contributed by atoms with van der Waals surface area (Å²) in [7, 11) is 1.36. The van der Waals surface area contributed by atoms with Crippen molar-refractivity contribution in [2.45, 2.75) is 22.8 Å². The number of methoxy groups -OCH3 is 1. The summed E-state index contributed by atoms with van der Waals surface area (Å²) in [5.41, 5.74) is 6.74. The molecule has 2 rings (SSSR count). The number of nitrogens with two attached hydrogens (primary N) is 1. The molecule has 1 amide bonds. The van der Waals surface area contributed by atoms with Gasteiger partial charge in [0, 0.05) is 15.5 Å². The van der Waals surface area contributed by atoms with E-state index in [1.807, 2.05) is 36.4 Å². The van der Waals surface area contributed by atoms with Crippen molar-refractivity contribution < 1.29 is 14.3 Å². The molecule has 0 fully saturated rings. The quantitative estimate of drug-likeness (QED) is 0.824. The number of hydrogen-bond donors (Lipinski definition) is 2. The Morgan fingerprint density at radius 3 is 2.04 bits per heavy atom. The van der Waals surface area contributed by atoms with Crippen LogP contribution >= 0.6 is 11.8 Å². The molecule has 120 valence electrons. The van der Waals surface area contributed by atoms with E-state index in [0.717, 1.165) is 9.79 Å². The Kier molecular flexibility index (Phi) is 5.78. The maximum absolute atomic E-state index is 11.5. The third-order valence-corrected chi connectivity index (χ3v) is 4.06. The van der Waals surface area contributed by atoms with Gasteiger partial charge < -0.3 is 15.8 Å². The van der Waals surface area contributed by atoms with E-state index in [0.29, 0.717) is 11.3 Å². The van der Waals surface area contributed by atoms with Gasteiger partial charge in [-0.3, -0.25) is 4.79 Å². The van der Waals surface area contributed by atoms with E-state index in [4.69, 9.17) is 5.73 Å². The van der Waals surface area contributed by atoms with Gasteiger partial charge in [0.1, 0.15) is 0 Å². The maximum Gasteiger partial charge on any atom is 0.337 e. The summed E-state index contributed by atoms with van der Waals surface area (Å²) in [6.07, 6.45) is 0. The first-order valence-corrected chi connectivity index (χ1v) is 7.84. The second-order valence-corrected chi connectivity index (χ2v) is 6.07. The highest BCUT2D eigenvalue weighted by Crippen LogP contribution is 2.28. The molecule has 0 saturated heterocycles. The van der Waals surface area contributed by atoms with Crippen molar-refractivity contribution in [1.82, 2.24) is 0 Å². The van der Waals surface area contributed by atoms with Crippen LogP contribution in [0.15, 0.2) is 58.3 Å². The number of nitrogens with one attached hydrogen (secondary N) is 1. The van der Waals surface area contributed by atoms with Crippen molar-refractivity contribution in [3.63, 3.8) is 0 Å². The highest BCUT2D eigenvalue weighted by atomic mass is 32.2. The number of hydrogen-bond acceptors (Lipinski definition) is 5. The normalized spacial score (nSPS) is 11.6. The zero-order valence-electron chi connectivity index (χ0n) is 12.9. The fourth-order valence-electron chi connectivity index (χ4n) is 1.78. The number of esters is 1. The van der Waals surface area contributed by atoms with Crippen molar-refractivity contribution in [2.75, 3.05) is 12.4 Å². The van der Waals surface area contributed by atoms with Gasteiger partial charge in [0.15, 0.2) is 0 Å². The van der Waals surface area contributed by atoms with Crippen molar-refractivity contribution >= 4 is 29.3 Å². The molecule has 1 unspecified atom stereocenters. The molecule has 0 aliphatic heterocycles. The smallest absolute Gasteiger partial charge is 0.337 e. The number of anilines is 1. The van der Waals surface area contributed by atoms with Gasteiger partial charge in [-0.25, -0.2) is 4.79 Å². The summed E-state index contributed by atoms with van der Waals surface area (Å²) in [4.78, 5) is 24.9. The molecule has 5 nitrogen and oxygen atoms in total. The number of benzene rings is 2. The minimum atomic E-state index is -0.544. The summed E-state index contributed by atoms with van der Waals surface area (Å²) in [6.45, 7) is 1.64. The molecule has 0 aliphatic carbocycles. The average molecular weight is 330 g/mol. The Balaban J connectivity index is 2.00. The highest BCUT2D eigenvalue weighted by Gasteiger charge is 2.08.